The van der Waals surface area contributed by atoms with Crippen molar-refractivity contribution in [2.45, 2.75) is 10.6 Å². The molecule has 5 nitrogen and oxygen atoms in total. The lowest BCUT2D eigenvalue weighted by atomic mass is 10.2. The maximum Gasteiger partial charge on any atom is 0.221 e. The summed E-state index contributed by atoms with van der Waals surface area (Å²) in [4.78, 5) is 9.90. The van der Waals surface area contributed by atoms with E-state index in [1.54, 1.807) is 29.2 Å². The Labute approximate surface area is 149 Å². The highest BCUT2D eigenvalue weighted by molar-refractivity contribution is 7.98. The van der Waals surface area contributed by atoms with Crippen molar-refractivity contribution >= 4 is 47.1 Å². The second-order valence-corrected chi connectivity index (χ2v) is 6.16. The number of carbonyl (C=O) groups excluding carboxylic acids is 1. The van der Waals surface area contributed by atoms with Crippen molar-refractivity contribution in [1.29, 1.82) is 0 Å². The Hall–Kier alpha value is -1.44. The van der Waals surface area contributed by atoms with Gasteiger partial charge in [0.2, 0.25) is 6.41 Å². The summed E-state index contributed by atoms with van der Waals surface area (Å²) in [6.45, 7) is 0. The molecule has 0 aliphatic heterocycles. The average molecular weight is 373 g/mol. The Morgan fingerprint density at radius 1 is 1.17 bits per heavy atom. The highest BCUT2D eigenvalue weighted by atomic mass is 35.5. The number of benzene rings is 2. The van der Waals surface area contributed by atoms with Crippen molar-refractivity contribution in [1.82, 2.24) is 5.43 Å². The number of amides is 1. The quantitative estimate of drug-likeness (QED) is 0.246. The van der Waals surface area contributed by atoms with E-state index in [0.29, 0.717) is 11.4 Å². The van der Waals surface area contributed by atoms with Gasteiger partial charge in [-0.2, -0.15) is 0 Å². The molecule has 0 aromatic heterocycles. The van der Waals surface area contributed by atoms with E-state index < -0.39 is 0 Å². The fourth-order valence-corrected chi connectivity index (χ4v) is 3.42. The van der Waals surface area contributed by atoms with Crippen LogP contribution in [0.1, 0.15) is 5.56 Å². The number of nitrogens with one attached hydrogen (secondary N) is 1. The van der Waals surface area contributed by atoms with Gasteiger partial charge >= 0.3 is 0 Å². The molecule has 5 N–H and O–H groups in total. The maximum absolute atomic E-state index is 8.94. The Kier molecular flexibility index (Phi) is 8.83. The Morgan fingerprint density at radius 3 is 2.35 bits per heavy atom. The van der Waals surface area contributed by atoms with Crippen LogP contribution in [0.5, 0.6) is 0 Å². The average Bonchev–Trinajstić information content (AvgIpc) is 2.55. The summed E-state index contributed by atoms with van der Waals surface area (Å²) >= 11 is 14.0. The lowest BCUT2D eigenvalue weighted by Crippen LogP contribution is -2.25. The molecule has 2 aromatic carbocycles. The number of nitrogens with two attached hydrogens (primary N) is 2. The molecule has 2 aromatic rings. The van der Waals surface area contributed by atoms with Crippen molar-refractivity contribution in [2.75, 3.05) is 12.1 Å². The number of carbonyl (C=O) groups is 1. The molecular weight excluding hydrogens is 355 g/mol. The lowest BCUT2D eigenvalue weighted by Gasteiger charge is -2.17. The van der Waals surface area contributed by atoms with Gasteiger partial charge in [0, 0.05) is 17.8 Å². The van der Waals surface area contributed by atoms with E-state index >= 15 is 0 Å². The van der Waals surface area contributed by atoms with Crippen LogP contribution in [0.25, 0.3) is 0 Å². The van der Waals surface area contributed by atoms with E-state index in [1.165, 1.54) is 0 Å². The predicted octanol–water partition coefficient (Wildman–Crippen LogP) is 3.20. The number of rotatable bonds is 5. The van der Waals surface area contributed by atoms with E-state index in [0.717, 1.165) is 26.9 Å². The second kappa shape index (κ2) is 10.4. The first-order valence-electron chi connectivity index (χ1n) is 6.54. The number of thioether (sulfide) groups is 1. The molecule has 0 aliphatic rings. The SMILES string of the molecule is CN(N)c1cccc(Cl)c1SCc1ccccc1Cl.NNC=O. The molecule has 0 fully saturated rings. The smallest absolute Gasteiger partial charge is 0.221 e. The van der Waals surface area contributed by atoms with Gasteiger partial charge in [-0.05, 0) is 23.8 Å². The van der Waals surface area contributed by atoms with E-state index in [-0.39, 0.29) is 0 Å². The molecule has 0 unspecified atom stereocenters. The van der Waals surface area contributed by atoms with Gasteiger partial charge < -0.3 is 5.01 Å². The number of hydrazine groups is 2. The minimum Gasteiger partial charge on any atom is -0.313 e. The Bertz CT molecular complexity index is 641. The molecule has 124 valence electrons. The second-order valence-electron chi connectivity index (χ2n) is 4.36. The molecule has 8 heteroatoms. The summed E-state index contributed by atoms with van der Waals surface area (Å²) in [6, 6.07) is 13.5. The van der Waals surface area contributed by atoms with Crippen LogP contribution in [0.2, 0.25) is 10.0 Å². The number of hydrogen-bond donors (Lipinski definition) is 3. The molecular formula is C15H18Cl2N4OS. The summed E-state index contributed by atoms with van der Waals surface area (Å²) in [5.74, 6) is 11.0. The zero-order valence-electron chi connectivity index (χ0n) is 12.5. The van der Waals surface area contributed by atoms with Gasteiger partial charge in [-0.1, -0.05) is 47.5 Å². The van der Waals surface area contributed by atoms with Crippen LogP contribution in [0.3, 0.4) is 0 Å². The topological polar surface area (TPSA) is 84.4 Å². The first-order valence-corrected chi connectivity index (χ1v) is 8.28. The third-order valence-corrected chi connectivity index (χ3v) is 4.69. The molecule has 0 atom stereocenters. The molecule has 2 rings (SSSR count). The molecule has 0 spiro atoms. The third kappa shape index (κ3) is 6.29. The number of halogens is 2. The van der Waals surface area contributed by atoms with Crippen molar-refractivity contribution in [3.05, 3.63) is 58.1 Å². The third-order valence-electron chi connectivity index (χ3n) is 2.72. The Balaban J connectivity index is 0.000000593. The summed E-state index contributed by atoms with van der Waals surface area (Å²) < 4.78 is 0. The van der Waals surface area contributed by atoms with E-state index in [1.807, 2.05) is 42.5 Å². The van der Waals surface area contributed by atoms with Crippen LogP contribution in [0.15, 0.2) is 47.4 Å². The molecule has 0 aliphatic carbocycles. The minimum atomic E-state index is 0.403. The van der Waals surface area contributed by atoms with Gasteiger partial charge in [-0.25, -0.2) is 11.7 Å². The zero-order valence-corrected chi connectivity index (χ0v) is 14.8. The first-order chi connectivity index (χ1) is 11.0. The largest absolute Gasteiger partial charge is 0.313 e. The van der Waals surface area contributed by atoms with Gasteiger partial charge in [-0.15, -0.1) is 11.8 Å². The fraction of sp³-hybridized carbons (Fsp3) is 0.133. The number of hydrogen-bond acceptors (Lipinski definition) is 5. The van der Waals surface area contributed by atoms with Crippen LogP contribution in [-0.4, -0.2) is 13.5 Å². The summed E-state index contributed by atoms with van der Waals surface area (Å²) in [6.07, 6.45) is 0.403. The number of anilines is 1. The molecule has 1 amide bonds. The van der Waals surface area contributed by atoms with Crippen LogP contribution in [0, 0.1) is 0 Å². The predicted molar refractivity (Wildman–Crippen MR) is 98.4 cm³/mol. The molecule has 0 radical (unpaired) electrons. The molecule has 0 bridgehead atoms. The van der Waals surface area contributed by atoms with E-state index in [4.69, 9.17) is 33.8 Å². The standard InChI is InChI=1S/C14H14Cl2N2S.CH4N2O/c1-18(17)13-8-4-7-12(16)14(13)19-9-10-5-2-3-6-11(10)15;2-3-1-4/h2-8H,9,17H2,1H3;1H,2H2,(H,3,4). The zero-order chi connectivity index (χ0) is 17.2. The van der Waals surface area contributed by atoms with Crippen LogP contribution in [0.4, 0.5) is 5.69 Å². The van der Waals surface area contributed by atoms with Crippen LogP contribution < -0.4 is 22.1 Å². The highest BCUT2D eigenvalue weighted by Crippen LogP contribution is 2.37. The fourth-order valence-electron chi connectivity index (χ4n) is 1.68. The van der Waals surface area contributed by atoms with Gasteiger partial charge in [0.05, 0.1) is 15.6 Å². The van der Waals surface area contributed by atoms with Gasteiger partial charge in [0.15, 0.2) is 0 Å². The van der Waals surface area contributed by atoms with Crippen molar-refractivity contribution in [3.63, 3.8) is 0 Å². The molecule has 0 saturated carbocycles. The molecule has 23 heavy (non-hydrogen) atoms. The monoisotopic (exact) mass is 372 g/mol. The van der Waals surface area contributed by atoms with Gasteiger partial charge in [-0.3, -0.25) is 10.2 Å². The maximum atomic E-state index is 8.94. The van der Waals surface area contributed by atoms with E-state index in [9.17, 15) is 0 Å². The highest BCUT2D eigenvalue weighted by Gasteiger charge is 2.10. The summed E-state index contributed by atoms with van der Waals surface area (Å²) in [5, 5.41) is 3.04. The summed E-state index contributed by atoms with van der Waals surface area (Å²) in [7, 11) is 1.80. The summed E-state index contributed by atoms with van der Waals surface area (Å²) in [5.41, 5.74) is 3.74. The van der Waals surface area contributed by atoms with Crippen molar-refractivity contribution in [3.8, 4) is 0 Å². The Morgan fingerprint density at radius 2 is 1.78 bits per heavy atom. The molecule has 0 heterocycles. The first kappa shape index (κ1) is 19.6. The van der Waals surface area contributed by atoms with Gasteiger partial charge in [0.25, 0.3) is 0 Å². The van der Waals surface area contributed by atoms with Crippen molar-refractivity contribution < 1.29 is 4.79 Å². The van der Waals surface area contributed by atoms with Crippen molar-refractivity contribution in [2.24, 2.45) is 11.7 Å². The van der Waals surface area contributed by atoms with Gasteiger partial charge in [0.1, 0.15) is 0 Å². The van der Waals surface area contributed by atoms with Crippen LogP contribution in [-0.2, 0) is 10.5 Å². The molecule has 0 saturated heterocycles. The van der Waals surface area contributed by atoms with Crippen LogP contribution >= 0.6 is 35.0 Å². The lowest BCUT2D eigenvalue weighted by molar-refractivity contribution is -0.109. The normalized spacial score (nSPS) is 9.61. The van der Waals surface area contributed by atoms with E-state index in [2.05, 4.69) is 5.84 Å². The minimum absolute atomic E-state index is 0.403. The number of nitrogens with zero attached hydrogens (tertiary/aromatic N) is 1.